The second-order valence-electron chi connectivity index (χ2n) is 7.91. The third kappa shape index (κ3) is 4.71. The van der Waals surface area contributed by atoms with Crippen LogP contribution in [0.1, 0.15) is 45.1 Å². The Bertz CT molecular complexity index is 729. The molecule has 7 heteroatoms. The summed E-state index contributed by atoms with van der Waals surface area (Å²) >= 11 is 0. The summed E-state index contributed by atoms with van der Waals surface area (Å²) in [4.78, 5) is 41.1. The van der Waals surface area contributed by atoms with Gasteiger partial charge in [0.05, 0.1) is 12.0 Å². The molecule has 0 saturated carbocycles. The van der Waals surface area contributed by atoms with Crippen LogP contribution in [0, 0.1) is 0 Å². The zero-order valence-electron chi connectivity index (χ0n) is 17.4. The van der Waals surface area contributed by atoms with Crippen molar-refractivity contribution in [2.45, 2.75) is 51.0 Å². The van der Waals surface area contributed by atoms with E-state index in [2.05, 4.69) is 5.32 Å². The fourth-order valence-electron chi connectivity index (χ4n) is 4.51. The number of piperidine rings is 2. The lowest BCUT2D eigenvalue weighted by atomic mass is 9.71. The molecule has 29 heavy (non-hydrogen) atoms. The molecule has 2 saturated heterocycles. The van der Waals surface area contributed by atoms with Crippen molar-refractivity contribution in [2.75, 3.05) is 32.8 Å². The molecule has 1 aromatic rings. The van der Waals surface area contributed by atoms with Gasteiger partial charge in [0.25, 0.3) is 0 Å². The Balaban J connectivity index is 1.78. The Labute approximate surface area is 172 Å². The first-order valence-corrected chi connectivity index (χ1v) is 10.5. The molecule has 3 amide bonds. The molecular weight excluding hydrogens is 370 g/mol. The minimum atomic E-state index is -0.626. The van der Waals surface area contributed by atoms with Crippen molar-refractivity contribution in [1.82, 2.24) is 15.1 Å². The molecule has 1 unspecified atom stereocenters. The highest BCUT2D eigenvalue weighted by Crippen LogP contribution is 2.38. The van der Waals surface area contributed by atoms with Crippen LogP contribution in [0.4, 0.5) is 4.79 Å². The number of benzene rings is 1. The summed E-state index contributed by atoms with van der Waals surface area (Å²) in [7, 11) is 0. The van der Waals surface area contributed by atoms with Gasteiger partial charge in [0.15, 0.2) is 0 Å². The van der Waals surface area contributed by atoms with Gasteiger partial charge in [-0.05, 0) is 38.2 Å². The molecule has 1 atom stereocenters. The lowest BCUT2D eigenvalue weighted by Gasteiger charge is -2.45. The monoisotopic (exact) mass is 401 g/mol. The van der Waals surface area contributed by atoms with Crippen LogP contribution >= 0.6 is 0 Å². The Hall–Kier alpha value is -2.57. The van der Waals surface area contributed by atoms with Gasteiger partial charge in [0.1, 0.15) is 0 Å². The predicted molar refractivity (Wildman–Crippen MR) is 109 cm³/mol. The van der Waals surface area contributed by atoms with Crippen LogP contribution in [-0.4, -0.2) is 66.5 Å². The van der Waals surface area contributed by atoms with Crippen molar-refractivity contribution in [2.24, 2.45) is 0 Å². The number of carbonyl (C=O) groups is 3. The summed E-state index contributed by atoms with van der Waals surface area (Å²) in [5.41, 5.74) is 0.382. The number of hydrogen-bond acceptors (Lipinski definition) is 4. The number of nitrogens with one attached hydrogen (secondary N) is 1. The number of carbonyl (C=O) groups excluding carboxylic acids is 3. The van der Waals surface area contributed by atoms with E-state index >= 15 is 0 Å². The van der Waals surface area contributed by atoms with E-state index in [0.29, 0.717) is 45.6 Å². The van der Waals surface area contributed by atoms with E-state index in [-0.39, 0.29) is 17.9 Å². The van der Waals surface area contributed by atoms with Gasteiger partial charge < -0.3 is 19.9 Å². The van der Waals surface area contributed by atoms with Crippen molar-refractivity contribution >= 4 is 17.9 Å². The topological polar surface area (TPSA) is 79.0 Å². The second kappa shape index (κ2) is 9.29. The van der Waals surface area contributed by atoms with Crippen LogP contribution in [0.15, 0.2) is 30.3 Å². The van der Waals surface area contributed by atoms with Gasteiger partial charge in [0.2, 0.25) is 11.8 Å². The lowest BCUT2D eigenvalue weighted by Crippen LogP contribution is -2.57. The highest BCUT2D eigenvalue weighted by atomic mass is 16.5. The van der Waals surface area contributed by atoms with Gasteiger partial charge in [-0.25, -0.2) is 4.79 Å². The zero-order chi connectivity index (χ0) is 20.9. The van der Waals surface area contributed by atoms with Gasteiger partial charge in [-0.1, -0.05) is 30.3 Å². The second-order valence-corrected chi connectivity index (χ2v) is 7.91. The van der Waals surface area contributed by atoms with Gasteiger partial charge in [-0.2, -0.15) is 0 Å². The molecular formula is C22H31N3O4. The Morgan fingerprint density at radius 2 is 1.79 bits per heavy atom. The van der Waals surface area contributed by atoms with E-state index in [1.807, 2.05) is 40.1 Å². The van der Waals surface area contributed by atoms with E-state index in [4.69, 9.17) is 4.74 Å². The quantitative estimate of drug-likeness (QED) is 0.840. The maximum absolute atomic E-state index is 13.8. The molecule has 0 radical (unpaired) electrons. The van der Waals surface area contributed by atoms with E-state index in [1.54, 1.807) is 13.8 Å². The number of rotatable bonds is 4. The Morgan fingerprint density at radius 3 is 2.41 bits per heavy atom. The van der Waals surface area contributed by atoms with Gasteiger partial charge in [-0.3, -0.25) is 9.59 Å². The first kappa shape index (κ1) is 21.1. The van der Waals surface area contributed by atoms with Crippen LogP contribution in [0.25, 0.3) is 0 Å². The minimum absolute atomic E-state index is 0.0517. The van der Waals surface area contributed by atoms with E-state index in [0.717, 1.165) is 18.4 Å². The fourth-order valence-corrected chi connectivity index (χ4v) is 4.51. The molecule has 2 aliphatic heterocycles. The lowest BCUT2D eigenvalue weighted by molar-refractivity contribution is -0.143. The smallest absolute Gasteiger partial charge is 0.407 e. The van der Waals surface area contributed by atoms with Crippen LogP contribution in [0.5, 0.6) is 0 Å². The number of amides is 3. The van der Waals surface area contributed by atoms with Gasteiger partial charge >= 0.3 is 6.09 Å². The largest absolute Gasteiger partial charge is 0.450 e. The third-order valence-corrected chi connectivity index (χ3v) is 6.10. The van der Waals surface area contributed by atoms with Gasteiger partial charge in [-0.15, -0.1) is 0 Å². The first-order chi connectivity index (χ1) is 14.0. The Morgan fingerprint density at radius 1 is 1.10 bits per heavy atom. The first-order valence-electron chi connectivity index (χ1n) is 10.5. The number of alkyl carbamates (subject to hydrolysis) is 1. The summed E-state index contributed by atoms with van der Waals surface area (Å²) in [6.07, 6.45) is 2.47. The molecule has 7 nitrogen and oxygen atoms in total. The van der Waals surface area contributed by atoms with E-state index in [1.165, 1.54) is 0 Å². The number of ether oxygens (including phenoxy) is 1. The molecule has 3 rings (SSSR count). The minimum Gasteiger partial charge on any atom is -0.450 e. The molecule has 2 aliphatic rings. The molecule has 2 heterocycles. The maximum atomic E-state index is 13.8. The number of likely N-dealkylation sites (tertiary alicyclic amines) is 2. The van der Waals surface area contributed by atoms with Crippen molar-refractivity contribution in [3.8, 4) is 0 Å². The molecule has 1 N–H and O–H groups in total. The summed E-state index contributed by atoms with van der Waals surface area (Å²) < 4.78 is 4.99. The molecule has 1 aromatic carbocycles. The number of hydrogen-bond donors (Lipinski definition) is 1. The predicted octanol–water partition coefficient (Wildman–Crippen LogP) is 2.30. The standard InChI is InChI=1S/C22H31N3O4/c1-3-29-21(28)23-19-10-7-13-25(16-19)20(27)22(18-8-5-4-6-9-18)11-14-24(15-12-22)17(2)26/h4-6,8-9,19H,3,7,10-16H2,1-2H3,(H,23,28). The number of nitrogens with zero attached hydrogens (tertiary/aromatic N) is 2. The molecule has 0 spiro atoms. The SMILES string of the molecule is CCOC(=O)NC1CCCN(C(=O)C2(c3ccccc3)CCN(C(C)=O)CC2)C1. The fraction of sp³-hybridized carbons (Fsp3) is 0.591. The normalized spacial score (nSPS) is 21.4. The molecule has 2 fully saturated rings. The molecule has 0 bridgehead atoms. The van der Waals surface area contributed by atoms with Crippen LogP contribution in [-0.2, 0) is 19.7 Å². The molecule has 0 aliphatic carbocycles. The van der Waals surface area contributed by atoms with Crippen molar-refractivity contribution in [3.63, 3.8) is 0 Å². The van der Waals surface area contributed by atoms with Crippen LogP contribution < -0.4 is 5.32 Å². The third-order valence-electron chi connectivity index (χ3n) is 6.10. The molecule has 0 aromatic heterocycles. The highest BCUT2D eigenvalue weighted by Gasteiger charge is 2.46. The van der Waals surface area contributed by atoms with Crippen molar-refractivity contribution < 1.29 is 19.1 Å². The van der Waals surface area contributed by atoms with E-state index in [9.17, 15) is 14.4 Å². The van der Waals surface area contributed by atoms with Crippen LogP contribution in [0.3, 0.4) is 0 Å². The Kier molecular flexibility index (Phi) is 6.77. The van der Waals surface area contributed by atoms with Crippen molar-refractivity contribution in [3.05, 3.63) is 35.9 Å². The summed E-state index contributed by atoms with van der Waals surface area (Å²) in [5.74, 6) is 0.151. The summed E-state index contributed by atoms with van der Waals surface area (Å²) in [6, 6.07) is 9.80. The summed E-state index contributed by atoms with van der Waals surface area (Å²) in [5, 5.41) is 2.87. The maximum Gasteiger partial charge on any atom is 0.407 e. The highest BCUT2D eigenvalue weighted by molar-refractivity contribution is 5.89. The van der Waals surface area contributed by atoms with E-state index < -0.39 is 11.5 Å². The average molecular weight is 402 g/mol. The average Bonchev–Trinajstić information content (AvgIpc) is 2.74. The van der Waals surface area contributed by atoms with Gasteiger partial charge in [0, 0.05) is 39.1 Å². The van der Waals surface area contributed by atoms with Crippen LogP contribution in [0.2, 0.25) is 0 Å². The zero-order valence-corrected chi connectivity index (χ0v) is 17.4. The molecule has 158 valence electrons. The summed E-state index contributed by atoms with van der Waals surface area (Å²) in [6.45, 7) is 6.00. The van der Waals surface area contributed by atoms with Crippen molar-refractivity contribution in [1.29, 1.82) is 0 Å².